The highest BCUT2D eigenvalue weighted by Gasteiger charge is 2.25. The van der Waals surface area contributed by atoms with E-state index in [1.54, 1.807) is 11.3 Å². The molecular weight excluding hydrogens is 294 g/mol. The summed E-state index contributed by atoms with van der Waals surface area (Å²) in [4.78, 5) is 18.0. The first-order valence-corrected chi connectivity index (χ1v) is 8.68. The highest BCUT2D eigenvalue weighted by atomic mass is 32.1. The molecule has 3 rings (SSSR count). The van der Waals surface area contributed by atoms with Gasteiger partial charge >= 0.3 is 0 Å². The standard InChI is InChI=1S/C17H23N3OS/c1-17(2,3)14-11-20-10-12(6-7-15(20)19-14)18-16(21)9-13-5-4-8-22-13/h4-5,8,11-12H,6-7,9-10H2,1-3H3,(H,18,21). The summed E-state index contributed by atoms with van der Waals surface area (Å²) >= 11 is 1.63. The predicted octanol–water partition coefficient (Wildman–Crippen LogP) is 2.92. The quantitative estimate of drug-likeness (QED) is 0.946. The molecule has 0 radical (unpaired) electrons. The number of fused-ring (bicyclic) bond motifs is 1. The van der Waals surface area contributed by atoms with Gasteiger partial charge in [-0.15, -0.1) is 11.3 Å². The van der Waals surface area contributed by atoms with Gasteiger partial charge in [-0.05, 0) is 17.9 Å². The monoisotopic (exact) mass is 317 g/mol. The molecule has 0 aliphatic carbocycles. The van der Waals surface area contributed by atoms with Crippen LogP contribution in [0.1, 0.15) is 43.6 Å². The molecule has 5 heteroatoms. The first kappa shape index (κ1) is 15.3. The number of carbonyl (C=O) groups is 1. The van der Waals surface area contributed by atoms with Crippen molar-refractivity contribution in [3.63, 3.8) is 0 Å². The van der Waals surface area contributed by atoms with E-state index < -0.39 is 0 Å². The van der Waals surface area contributed by atoms with E-state index >= 15 is 0 Å². The number of aryl methyl sites for hydroxylation is 1. The van der Waals surface area contributed by atoms with Crippen LogP contribution in [0.2, 0.25) is 0 Å². The zero-order chi connectivity index (χ0) is 15.7. The molecule has 4 nitrogen and oxygen atoms in total. The van der Waals surface area contributed by atoms with E-state index in [9.17, 15) is 4.79 Å². The molecule has 2 aromatic heterocycles. The van der Waals surface area contributed by atoms with Gasteiger partial charge in [0.25, 0.3) is 0 Å². The smallest absolute Gasteiger partial charge is 0.225 e. The van der Waals surface area contributed by atoms with Gasteiger partial charge in [0.15, 0.2) is 0 Å². The van der Waals surface area contributed by atoms with Crippen molar-refractivity contribution in [3.05, 3.63) is 40.1 Å². The number of amides is 1. The van der Waals surface area contributed by atoms with Crippen LogP contribution >= 0.6 is 11.3 Å². The van der Waals surface area contributed by atoms with Crippen LogP contribution in [-0.4, -0.2) is 21.5 Å². The Hall–Kier alpha value is -1.62. The third-order valence-corrected chi connectivity index (χ3v) is 4.92. The van der Waals surface area contributed by atoms with Gasteiger partial charge in [-0.1, -0.05) is 26.8 Å². The second kappa shape index (κ2) is 5.88. The summed E-state index contributed by atoms with van der Waals surface area (Å²) in [5.41, 5.74) is 1.20. The van der Waals surface area contributed by atoms with Gasteiger partial charge in [-0.2, -0.15) is 0 Å². The summed E-state index contributed by atoms with van der Waals surface area (Å²) in [6.07, 6.45) is 4.53. The first-order chi connectivity index (χ1) is 10.4. The predicted molar refractivity (Wildman–Crippen MR) is 89.2 cm³/mol. The third kappa shape index (κ3) is 3.40. The summed E-state index contributed by atoms with van der Waals surface area (Å²) in [6, 6.07) is 4.20. The van der Waals surface area contributed by atoms with Crippen molar-refractivity contribution in [2.24, 2.45) is 0 Å². The van der Waals surface area contributed by atoms with Crippen molar-refractivity contribution in [3.8, 4) is 0 Å². The van der Waals surface area contributed by atoms with E-state index in [-0.39, 0.29) is 17.4 Å². The van der Waals surface area contributed by atoms with Gasteiger partial charge in [0, 0.05) is 35.5 Å². The Labute approximate surface area is 135 Å². The molecule has 0 spiro atoms. The summed E-state index contributed by atoms with van der Waals surface area (Å²) < 4.78 is 2.21. The normalized spacial score (nSPS) is 18.0. The summed E-state index contributed by atoms with van der Waals surface area (Å²) in [5, 5.41) is 5.17. The van der Waals surface area contributed by atoms with Gasteiger partial charge in [0.05, 0.1) is 12.1 Å². The fourth-order valence-corrected chi connectivity index (χ4v) is 3.48. The number of aromatic nitrogens is 2. The summed E-state index contributed by atoms with van der Waals surface area (Å²) in [5.74, 6) is 1.26. The Morgan fingerprint density at radius 1 is 1.50 bits per heavy atom. The van der Waals surface area contributed by atoms with Crippen LogP contribution in [0.3, 0.4) is 0 Å². The average Bonchev–Trinajstić information content (AvgIpc) is 3.06. The van der Waals surface area contributed by atoms with Crippen LogP contribution in [-0.2, 0) is 29.6 Å². The molecule has 3 heterocycles. The molecule has 1 aliphatic rings. The Morgan fingerprint density at radius 3 is 3.00 bits per heavy atom. The molecule has 0 bridgehead atoms. The Bertz CT molecular complexity index is 652. The average molecular weight is 317 g/mol. The first-order valence-electron chi connectivity index (χ1n) is 7.80. The van der Waals surface area contributed by atoms with Crippen LogP contribution in [0.5, 0.6) is 0 Å². The molecule has 22 heavy (non-hydrogen) atoms. The van der Waals surface area contributed by atoms with Crippen LogP contribution in [0.25, 0.3) is 0 Å². The minimum Gasteiger partial charge on any atom is -0.351 e. The maximum Gasteiger partial charge on any atom is 0.225 e. The molecule has 0 saturated heterocycles. The summed E-state index contributed by atoms with van der Waals surface area (Å²) in [7, 11) is 0. The van der Waals surface area contributed by atoms with Crippen LogP contribution in [0.4, 0.5) is 0 Å². The highest BCUT2D eigenvalue weighted by molar-refractivity contribution is 7.10. The highest BCUT2D eigenvalue weighted by Crippen LogP contribution is 2.24. The zero-order valence-electron chi connectivity index (χ0n) is 13.4. The van der Waals surface area contributed by atoms with Crippen molar-refractivity contribution in [2.45, 2.75) is 58.0 Å². The Balaban J connectivity index is 1.62. The van der Waals surface area contributed by atoms with Crippen molar-refractivity contribution >= 4 is 17.2 Å². The van der Waals surface area contributed by atoms with E-state index in [0.29, 0.717) is 6.42 Å². The maximum absolute atomic E-state index is 12.1. The second-order valence-electron chi connectivity index (χ2n) is 7.00. The van der Waals surface area contributed by atoms with Crippen molar-refractivity contribution in [1.29, 1.82) is 0 Å². The van der Waals surface area contributed by atoms with Crippen LogP contribution < -0.4 is 5.32 Å². The number of thiophene rings is 1. The molecule has 1 aliphatic heterocycles. The van der Waals surface area contributed by atoms with Crippen molar-refractivity contribution < 1.29 is 4.79 Å². The molecule has 1 atom stereocenters. The molecule has 118 valence electrons. The second-order valence-corrected chi connectivity index (χ2v) is 8.04. The lowest BCUT2D eigenvalue weighted by Gasteiger charge is -2.24. The number of carbonyl (C=O) groups excluding carboxylic acids is 1. The van der Waals surface area contributed by atoms with Gasteiger partial charge in [-0.25, -0.2) is 4.98 Å². The van der Waals surface area contributed by atoms with E-state index in [2.05, 4.69) is 36.9 Å². The van der Waals surface area contributed by atoms with Gasteiger partial charge in [0.1, 0.15) is 5.82 Å². The van der Waals surface area contributed by atoms with Gasteiger partial charge < -0.3 is 9.88 Å². The van der Waals surface area contributed by atoms with Crippen LogP contribution in [0.15, 0.2) is 23.7 Å². The van der Waals surface area contributed by atoms with E-state index in [4.69, 9.17) is 4.98 Å². The third-order valence-electron chi connectivity index (χ3n) is 4.04. The number of rotatable bonds is 3. The maximum atomic E-state index is 12.1. The molecule has 0 saturated carbocycles. The SMILES string of the molecule is CC(C)(C)c1cn2c(n1)CCC(NC(=O)Cc1cccs1)C2. The lowest BCUT2D eigenvalue weighted by atomic mass is 9.93. The fraction of sp³-hybridized carbons (Fsp3) is 0.529. The van der Waals surface area contributed by atoms with E-state index in [1.807, 2.05) is 17.5 Å². The number of hydrogen-bond acceptors (Lipinski definition) is 3. The van der Waals surface area contributed by atoms with Gasteiger partial charge in [0.2, 0.25) is 5.91 Å². The molecule has 0 aromatic carbocycles. The lowest BCUT2D eigenvalue weighted by molar-refractivity contribution is -0.121. The van der Waals surface area contributed by atoms with E-state index in [1.165, 1.54) is 0 Å². The zero-order valence-corrected chi connectivity index (χ0v) is 14.2. The number of hydrogen-bond donors (Lipinski definition) is 1. The molecule has 1 N–H and O–H groups in total. The molecule has 0 fully saturated rings. The minimum absolute atomic E-state index is 0.0717. The number of nitrogens with one attached hydrogen (secondary N) is 1. The number of imidazole rings is 1. The Morgan fingerprint density at radius 2 is 2.32 bits per heavy atom. The van der Waals surface area contributed by atoms with Gasteiger partial charge in [-0.3, -0.25) is 4.79 Å². The molecular formula is C17H23N3OS. The van der Waals surface area contributed by atoms with Crippen molar-refractivity contribution in [2.75, 3.05) is 0 Å². The molecule has 1 unspecified atom stereocenters. The summed E-state index contributed by atoms with van der Waals surface area (Å²) in [6.45, 7) is 7.37. The topological polar surface area (TPSA) is 46.9 Å². The van der Waals surface area contributed by atoms with Crippen LogP contribution in [0, 0.1) is 0 Å². The lowest BCUT2D eigenvalue weighted by Crippen LogP contribution is -2.41. The fourth-order valence-electron chi connectivity index (χ4n) is 2.77. The molecule has 2 aromatic rings. The Kier molecular flexibility index (Phi) is 4.08. The minimum atomic E-state index is 0.0717. The van der Waals surface area contributed by atoms with Crippen molar-refractivity contribution in [1.82, 2.24) is 14.9 Å². The van der Waals surface area contributed by atoms with E-state index in [0.717, 1.165) is 35.8 Å². The number of nitrogens with zero attached hydrogens (tertiary/aromatic N) is 2. The largest absolute Gasteiger partial charge is 0.351 e. The molecule has 1 amide bonds.